The van der Waals surface area contributed by atoms with Crippen LogP contribution in [0.25, 0.3) is 0 Å². The van der Waals surface area contributed by atoms with Gasteiger partial charge in [0, 0.05) is 5.41 Å². The summed E-state index contributed by atoms with van der Waals surface area (Å²) in [4.78, 5) is 0. The molecule has 0 N–H and O–H groups in total. The SMILES string of the molecule is CC1(C)CC2(CC(C)(C)C3CCCCC32)C2=C=CCCC21. The van der Waals surface area contributed by atoms with Gasteiger partial charge in [-0.05, 0) is 78.8 Å². The lowest BCUT2D eigenvalue weighted by Gasteiger charge is -2.39. The summed E-state index contributed by atoms with van der Waals surface area (Å²) >= 11 is 0. The third-order valence-corrected chi connectivity index (χ3v) is 7.71. The molecule has 0 bridgehead atoms. The highest BCUT2D eigenvalue weighted by Crippen LogP contribution is 2.73. The van der Waals surface area contributed by atoms with Crippen LogP contribution in [-0.2, 0) is 0 Å². The lowest BCUT2D eigenvalue weighted by molar-refractivity contribution is 0.127. The maximum atomic E-state index is 3.83. The van der Waals surface area contributed by atoms with Crippen molar-refractivity contribution in [2.24, 2.45) is 34.0 Å². The smallest absolute Gasteiger partial charge is 0.00321 e. The first-order chi connectivity index (χ1) is 9.87. The Bertz CT molecular complexity index is 514. The van der Waals surface area contributed by atoms with E-state index in [1.165, 1.54) is 51.4 Å². The third kappa shape index (κ3) is 1.81. The van der Waals surface area contributed by atoms with Crippen molar-refractivity contribution in [3.63, 3.8) is 0 Å². The maximum Gasteiger partial charge on any atom is 0.00321 e. The first kappa shape index (κ1) is 14.1. The van der Waals surface area contributed by atoms with Gasteiger partial charge >= 0.3 is 0 Å². The Morgan fingerprint density at radius 1 is 0.905 bits per heavy atom. The van der Waals surface area contributed by atoms with Gasteiger partial charge in [0.1, 0.15) is 0 Å². The molecule has 4 unspecified atom stereocenters. The topological polar surface area (TPSA) is 0 Å². The first-order valence-electron chi connectivity index (χ1n) is 9.32. The van der Waals surface area contributed by atoms with E-state index in [0.717, 1.165) is 17.8 Å². The molecule has 3 saturated carbocycles. The van der Waals surface area contributed by atoms with Crippen LogP contribution in [0.4, 0.5) is 0 Å². The van der Waals surface area contributed by atoms with Crippen LogP contribution in [0.1, 0.15) is 79.1 Å². The van der Waals surface area contributed by atoms with Gasteiger partial charge in [-0.2, -0.15) is 0 Å². The number of rotatable bonds is 0. The molecule has 4 rings (SSSR count). The fourth-order valence-electron chi connectivity index (χ4n) is 7.27. The van der Waals surface area contributed by atoms with Crippen LogP contribution in [-0.4, -0.2) is 0 Å². The molecule has 0 aromatic carbocycles. The van der Waals surface area contributed by atoms with E-state index in [4.69, 9.17) is 0 Å². The molecule has 0 heterocycles. The first-order valence-corrected chi connectivity index (χ1v) is 9.32. The second-order valence-corrected chi connectivity index (χ2v) is 9.88. The Balaban J connectivity index is 1.85. The summed E-state index contributed by atoms with van der Waals surface area (Å²) in [6, 6.07) is 0. The predicted molar refractivity (Wildman–Crippen MR) is 89.0 cm³/mol. The summed E-state index contributed by atoms with van der Waals surface area (Å²) in [7, 11) is 0. The molecule has 0 saturated heterocycles. The molecule has 4 atom stereocenters. The van der Waals surface area contributed by atoms with E-state index >= 15 is 0 Å². The second-order valence-electron chi connectivity index (χ2n) is 9.88. The summed E-state index contributed by atoms with van der Waals surface area (Å²) in [5, 5.41) is 0. The molecular weight excluding hydrogens is 252 g/mol. The Morgan fingerprint density at radius 3 is 2.33 bits per heavy atom. The van der Waals surface area contributed by atoms with Crippen LogP contribution >= 0.6 is 0 Å². The zero-order valence-corrected chi connectivity index (χ0v) is 14.5. The van der Waals surface area contributed by atoms with Gasteiger partial charge in [0.15, 0.2) is 0 Å². The van der Waals surface area contributed by atoms with E-state index in [-0.39, 0.29) is 0 Å². The summed E-state index contributed by atoms with van der Waals surface area (Å²) in [6.45, 7) is 10.2. The highest BCUT2D eigenvalue weighted by Gasteiger charge is 2.65. The van der Waals surface area contributed by atoms with Crippen molar-refractivity contribution >= 4 is 0 Å². The van der Waals surface area contributed by atoms with E-state index in [0.29, 0.717) is 16.2 Å². The highest BCUT2D eigenvalue weighted by molar-refractivity contribution is 5.33. The largest absolute Gasteiger partial charge is 0.125 e. The standard InChI is InChI=1S/C21H32/c1-19(2)13-21(17-11-7-5-9-15(17)19)14-20(3,4)16-10-6-8-12-18(16)21/h7,15-16,18H,5-6,8-10,12-14H2,1-4H3. The van der Waals surface area contributed by atoms with Crippen LogP contribution in [0.2, 0.25) is 0 Å². The molecule has 1 spiro atoms. The molecule has 3 fully saturated rings. The Labute approximate surface area is 131 Å². The van der Waals surface area contributed by atoms with Crippen molar-refractivity contribution in [1.29, 1.82) is 0 Å². The molecule has 0 aliphatic heterocycles. The van der Waals surface area contributed by atoms with Gasteiger partial charge in [-0.15, -0.1) is 5.73 Å². The molecule has 0 radical (unpaired) electrons. The molecule has 21 heavy (non-hydrogen) atoms. The highest BCUT2D eigenvalue weighted by atomic mass is 14.7. The maximum absolute atomic E-state index is 3.83. The minimum absolute atomic E-state index is 0.499. The lowest BCUT2D eigenvalue weighted by atomic mass is 9.65. The van der Waals surface area contributed by atoms with E-state index in [1.807, 2.05) is 0 Å². The molecular formula is C21H32. The molecule has 116 valence electrons. The Morgan fingerprint density at radius 2 is 1.57 bits per heavy atom. The predicted octanol–water partition coefficient (Wildman–Crippen LogP) is 6.13. The molecule has 0 amide bonds. The summed E-state index contributed by atoms with van der Waals surface area (Å²) in [5.41, 5.74) is 7.15. The number of fused-ring (bicyclic) bond motifs is 4. The van der Waals surface area contributed by atoms with E-state index in [9.17, 15) is 0 Å². The fourth-order valence-corrected chi connectivity index (χ4v) is 7.27. The van der Waals surface area contributed by atoms with Crippen molar-refractivity contribution in [2.45, 2.75) is 79.1 Å². The second kappa shape index (κ2) is 4.29. The average molecular weight is 284 g/mol. The van der Waals surface area contributed by atoms with Gasteiger partial charge in [0.05, 0.1) is 0 Å². The van der Waals surface area contributed by atoms with Crippen molar-refractivity contribution in [2.75, 3.05) is 0 Å². The number of hydrogen-bond acceptors (Lipinski definition) is 0. The van der Waals surface area contributed by atoms with Crippen molar-refractivity contribution in [3.05, 3.63) is 17.4 Å². The zero-order valence-electron chi connectivity index (χ0n) is 14.5. The lowest BCUT2D eigenvalue weighted by Crippen LogP contribution is -2.31. The molecule has 0 heteroatoms. The normalized spacial score (nSPS) is 46.3. The van der Waals surface area contributed by atoms with Gasteiger partial charge < -0.3 is 0 Å². The fraction of sp³-hybridized carbons (Fsp3) is 0.857. The van der Waals surface area contributed by atoms with Crippen LogP contribution in [0, 0.1) is 34.0 Å². The molecule has 4 aliphatic rings. The number of allylic oxidation sites excluding steroid dienone is 1. The molecule has 0 nitrogen and oxygen atoms in total. The van der Waals surface area contributed by atoms with Gasteiger partial charge in [0.25, 0.3) is 0 Å². The van der Waals surface area contributed by atoms with E-state index < -0.39 is 0 Å². The molecule has 0 aromatic heterocycles. The molecule has 4 aliphatic carbocycles. The van der Waals surface area contributed by atoms with E-state index in [2.05, 4.69) is 39.5 Å². The average Bonchev–Trinajstić information content (AvgIpc) is 2.81. The minimum atomic E-state index is 0.499. The Kier molecular flexibility index (Phi) is 2.89. The van der Waals surface area contributed by atoms with Crippen molar-refractivity contribution in [1.82, 2.24) is 0 Å². The van der Waals surface area contributed by atoms with Gasteiger partial charge in [-0.3, -0.25) is 0 Å². The molecule has 0 aromatic rings. The zero-order chi connectivity index (χ0) is 14.9. The van der Waals surface area contributed by atoms with Crippen molar-refractivity contribution < 1.29 is 0 Å². The van der Waals surface area contributed by atoms with Crippen LogP contribution in [0.15, 0.2) is 17.4 Å². The van der Waals surface area contributed by atoms with Gasteiger partial charge in [0.2, 0.25) is 0 Å². The summed E-state index contributed by atoms with van der Waals surface area (Å²) in [6.07, 6.45) is 13.8. The van der Waals surface area contributed by atoms with Gasteiger partial charge in [-0.1, -0.05) is 40.5 Å². The van der Waals surface area contributed by atoms with Crippen LogP contribution in [0.3, 0.4) is 0 Å². The third-order valence-electron chi connectivity index (χ3n) is 7.71. The quantitative estimate of drug-likeness (QED) is 0.469. The van der Waals surface area contributed by atoms with Gasteiger partial charge in [-0.25, -0.2) is 0 Å². The van der Waals surface area contributed by atoms with Crippen LogP contribution in [0.5, 0.6) is 0 Å². The summed E-state index contributed by atoms with van der Waals surface area (Å²) in [5.74, 6) is 2.75. The van der Waals surface area contributed by atoms with Crippen molar-refractivity contribution in [3.8, 4) is 0 Å². The number of hydrogen-bond donors (Lipinski definition) is 0. The van der Waals surface area contributed by atoms with Crippen LogP contribution < -0.4 is 0 Å². The van der Waals surface area contributed by atoms with E-state index in [1.54, 1.807) is 5.57 Å². The Hall–Kier alpha value is -0.480. The minimum Gasteiger partial charge on any atom is -0.125 e. The monoisotopic (exact) mass is 284 g/mol. The summed E-state index contributed by atoms with van der Waals surface area (Å²) < 4.78 is 0.